The number of fused-ring (bicyclic) bond motifs is 1. The number of ether oxygens (including phenoxy) is 1. The topological polar surface area (TPSA) is 82.8 Å². The molecule has 0 aliphatic rings. The lowest BCUT2D eigenvalue weighted by Crippen LogP contribution is -2.16. The lowest BCUT2D eigenvalue weighted by molar-refractivity contribution is -0.142. The van der Waals surface area contributed by atoms with Crippen LogP contribution in [-0.2, 0) is 16.1 Å². The Bertz CT molecular complexity index is 878. The first kappa shape index (κ1) is 17.3. The van der Waals surface area contributed by atoms with Gasteiger partial charge in [-0.1, -0.05) is 46.8 Å². The summed E-state index contributed by atoms with van der Waals surface area (Å²) >= 11 is 1.30. The summed E-state index contributed by atoms with van der Waals surface area (Å²) in [7, 11) is 0. The SMILES string of the molecule is CCOC(=O)[C@@H](C)Sc1ncnc2c1nnn2Cc1ccc(C)cc1. The maximum absolute atomic E-state index is 11.8. The van der Waals surface area contributed by atoms with Crippen LogP contribution in [0.3, 0.4) is 0 Å². The van der Waals surface area contributed by atoms with Crippen LogP contribution in [0.25, 0.3) is 11.2 Å². The van der Waals surface area contributed by atoms with Crippen LogP contribution in [0.5, 0.6) is 0 Å². The molecule has 0 aliphatic carbocycles. The van der Waals surface area contributed by atoms with Gasteiger partial charge in [0.05, 0.1) is 13.2 Å². The number of hydrogen-bond donors (Lipinski definition) is 0. The summed E-state index contributed by atoms with van der Waals surface area (Å²) in [6.07, 6.45) is 1.47. The molecule has 0 aliphatic heterocycles. The van der Waals surface area contributed by atoms with Crippen LogP contribution in [0.2, 0.25) is 0 Å². The van der Waals surface area contributed by atoms with E-state index in [1.54, 1.807) is 18.5 Å². The summed E-state index contributed by atoms with van der Waals surface area (Å²) in [6.45, 7) is 6.55. The van der Waals surface area contributed by atoms with E-state index in [4.69, 9.17) is 4.74 Å². The minimum atomic E-state index is -0.375. The molecule has 0 amide bonds. The fraction of sp³-hybridized carbons (Fsp3) is 0.353. The van der Waals surface area contributed by atoms with E-state index >= 15 is 0 Å². The molecule has 8 heteroatoms. The maximum Gasteiger partial charge on any atom is 0.319 e. The Morgan fingerprint density at radius 2 is 2.04 bits per heavy atom. The van der Waals surface area contributed by atoms with Crippen LogP contribution < -0.4 is 0 Å². The molecule has 0 spiro atoms. The first-order chi connectivity index (χ1) is 12.1. The number of esters is 1. The zero-order valence-electron chi connectivity index (χ0n) is 14.3. The molecular formula is C17H19N5O2S. The average molecular weight is 357 g/mol. The predicted octanol–water partition coefficient (Wildman–Crippen LogP) is 2.62. The molecule has 1 atom stereocenters. The van der Waals surface area contributed by atoms with Crippen molar-refractivity contribution in [2.75, 3.05) is 6.61 Å². The van der Waals surface area contributed by atoms with Gasteiger partial charge in [-0.05, 0) is 26.3 Å². The Morgan fingerprint density at radius 1 is 1.28 bits per heavy atom. The van der Waals surface area contributed by atoms with Gasteiger partial charge in [-0.3, -0.25) is 4.79 Å². The van der Waals surface area contributed by atoms with E-state index in [9.17, 15) is 4.79 Å². The molecule has 2 heterocycles. The van der Waals surface area contributed by atoms with Crippen molar-refractivity contribution in [1.29, 1.82) is 0 Å². The van der Waals surface area contributed by atoms with Gasteiger partial charge in [0.15, 0.2) is 11.2 Å². The summed E-state index contributed by atoms with van der Waals surface area (Å²) in [5.74, 6) is -0.272. The number of thioether (sulfide) groups is 1. The number of nitrogens with zero attached hydrogens (tertiary/aromatic N) is 5. The third kappa shape index (κ3) is 3.96. The molecule has 0 fully saturated rings. The van der Waals surface area contributed by atoms with Gasteiger partial charge in [-0.2, -0.15) is 0 Å². The Morgan fingerprint density at radius 3 is 2.76 bits per heavy atom. The largest absolute Gasteiger partial charge is 0.465 e. The smallest absolute Gasteiger partial charge is 0.319 e. The van der Waals surface area contributed by atoms with E-state index in [-0.39, 0.29) is 11.2 Å². The fourth-order valence-electron chi connectivity index (χ4n) is 2.31. The molecule has 2 aromatic heterocycles. The summed E-state index contributed by atoms with van der Waals surface area (Å²) in [6, 6.07) is 8.24. The molecule has 130 valence electrons. The Labute approximate surface area is 149 Å². The van der Waals surface area contributed by atoms with E-state index in [1.165, 1.54) is 23.7 Å². The molecule has 1 aromatic carbocycles. The van der Waals surface area contributed by atoms with Crippen molar-refractivity contribution < 1.29 is 9.53 Å². The quantitative estimate of drug-likeness (QED) is 0.381. The molecule has 0 bridgehead atoms. The first-order valence-corrected chi connectivity index (χ1v) is 8.89. The van der Waals surface area contributed by atoms with Crippen LogP contribution >= 0.6 is 11.8 Å². The highest BCUT2D eigenvalue weighted by Gasteiger charge is 2.20. The van der Waals surface area contributed by atoms with Gasteiger partial charge in [0.25, 0.3) is 0 Å². The maximum atomic E-state index is 11.8. The monoisotopic (exact) mass is 357 g/mol. The van der Waals surface area contributed by atoms with E-state index < -0.39 is 0 Å². The molecule has 3 aromatic rings. The Hall–Kier alpha value is -2.48. The molecule has 3 rings (SSSR count). The third-order valence-electron chi connectivity index (χ3n) is 3.63. The fourth-order valence-corrected chi connectivity index (χ4v) is 3.16. The van der Waals surface area contributed by atoms with Crippen molar-refractivity contribution in [2.45, 2.75) is 37.6 Å². The van der Waals surface area contributed by atoms with Gasteiger partial charge >= 0.3 is 5.97 Å². The number of rotatable bonds is 6. The number of carbonyl (C=O) groups excluding carboxylic acids is 1. The van der Waals surface area contributed by atoms with Crippen LogP contribution in [0.15, 0.2) is 35.6 Å². The van der Waals surface area contributed by atoms with E-state index in [2.05, 4.69) is 51.5 Å². The van der Waals surface area contributed by atoms with Crippen LogP contribution in [0.4, 0.5) is 0 Å². The summed E-state index contributed by atoms with van der Waals surface area (Å²) in [5, 5.41) is 8.65. The molecule has 0 unspecified atom stereocenters. The number of hydrogen-bond acceptors (Lipinski definition) is 7. The van der Waals surface area contributed by atoms with Gasteiger partial charge < -0.3 is 4.74 Å². The lowest BCUT2D eigenvalue weighted by Gasteiger charge is -2.09. The zero-order valence-corrected chi connectivity index (χ0v) is 15.2. The normalized spacial score (nSPS) is 12.3. The van der Waals surface area contributed by atoms with Crippen LogP contribution in [0, 0.1) is 6.92 Å². The molecule has 0 saturated carbocycles. The van der Waals surface area contributed by atoms with E-state index in [1.807, 2.05) is 0 Å². The van der Waals surface area contributed by atoms with Gasteiger partial charge in [0.1, 0.15) is 16.6 Å². The first-order valence-electron chi connectivity index (χ1n) is 8.01. The zero-order chi connectivity index (χ0) is 17.8. The van der Waals surface area contributed by atoms with Crippen LogP contribution in [0.1, 0.15) is 25.0 Å². The van der Waals surface area contributed by atoms with Gasteiger partial charge in [-0.15, -0.1) is 5.10 Å². The second kappa shape index (κ2) is 7.60. The highest BCUT2D eigenvalue weighted by atomic mass is 32.2. The minimum Gasteiger partial charge on any atom is -0.465 e. The number of aromatic nitrogens is 5. The molecule has 7 nitrogen and oxygen atoms in total. The molecule has 0 saturated heterocycles. The van der Waals surface area contributed by atoms with E-state index in [0.29, 0.717) is 29.3 Å². The van der Waals surface area contributed by atoms with Crippen molar-refractivity contribution >= 4 is 28.9 Å². The van der Waals surface area contributed by atoms with Crippen LogP contribution in [-0.4, -0.2) is 42.8 Å². The number of benzene rings is 1. The standard InChI is InChI=1S/C17H19N5O2S/c1-4-24-17(23)12(3)25-16-14-15(18-10-19-16)22(21-20-14)9-13-7-5-11(2)6-8-13/h5-8,10,12H,4,9H2,1-3H3/t12-/m1/s1. The van der Waals surface area contributed by atoms with Crippen molar-refractivity contribution in [3.63, 3.8) is 0 Å². The molecule has 0 N–H and O–H groups in total. The third-order valence-corrected chi connectivity index (χ3v) is 4.69. The molecule has 25 heavy (non-hydrogen) atoms. The number of carbonyl (C=O) groups is 1. The summed E-state index contributed by atoms with van der Waals surface area (Å²) in [5.41, 5.74) is 3.57. The molecule has 0 radical (unpaired) electrons. The second-order valence-corrected chi connectivity index (χ2v) is 6.93. The summed E-state index contributed by atoms with van der Waals surface area (Å²) in [4.78, 5) is 20.4. The van der Waals surface area contributed by atoms with Gasteiger partial charge in [0.2, 0.25) is 0 Å². The minimum absolute atomic E-state index is 0.272. The van der Waals surface area contributed by atoms with Crippen molar-refractivity contribution in [2.24, 2.45) is 0 Å². The number of aryl methyl sites for hydroxylation is 1. The lowest BCUT2D eigenvalue weighted by atomic mass is 10.1. The second-order valence-electron chi connectivity index (χ2n) is 5.60. The van der Waals surface area contributed by atoms with E-state index in [0.717, 1.165) is 5.56 Å². The molecular weight excluding hydrogens is 338 g/mol. The van der Waals surface area contributed by atoms with Crippen molar-refractivity contribution in [1.82, 2.24) is 25.0 Å². The van der Waals surface area contributed by atoms with Crippen molar-refractivity contribution in [3.8, 4) is 0 Å². The highest BCUT2D eigenvalue weighted by Crippen LogP contribution is 2.27. The Balaban J connectivity index is 1.84. The average Bonchev–Trinajstić information content (AvgIpc) is 3.01. The van der Waals surface area contributed by atoms with Gasteiger partial charge in [-0.25, -0.2) is 14.6 Å². The Kier molecular flexibility index (Phi) is 5.28. The summed E-state index contributed by atoms with van der Waals surface area (Å²) < 4.78 is 6.77. The van der Waals surface area contributed by atoms with Crippen molar-refractivity contribution in [3.05, 3.63) is 41.7 Å². The highest BCUT2D eigenvalue weighted by molar-refractivity contribution is 8.00. The predicted molar refractivity (Wildman–Crippen MR) is 95.4 cm³/mol. The van der Waals surface area contributed by atoms with Gasteiger partial charge in [0, 0.05) is 0 Å².